The summed E-state index contributed by atoms with van der Waals surface area (Å²) < 4.78 is 32.2. The Balaban J connectivity index is 2.10. The van der Waals surface area contributed by atoms with E-state index in [1.54, 1.807) is 31.2 Å². The molecule has 2 aromatic rings. The molecule has 0 unspecified atom stereocenters. The predicted molar refractivity (Wildman–Crippen MR) is 89.6 cm³/mol. The van der Waals surface area contributed by atoms with Crippen molar-refractivity contribution in [3.8, 4) is 5.75 Å². The summed E-state index contributed by atoms with van der Waals surface area (Å²) in [6.45, 7) is 1.62. The van der Waals surface area contributed by atoms with E-state index in [0.29, 0.717) is 11.3 Å². The van der Waals surface area contributed by atoms with Crippen molar-refractivity contribution in [3.63, 3.8) is 0 Å². The van der Waals surface area contributed by atoms with Crippen molar-refractivity contribution >= 4 is 17.5 Å². The molecule has 0 bridgehead atoms. The standard InChI is InChI=1S/C18H18F2N2O3/c1-3-22(18(24)12-6-4-7-13(10-12)25-2)11-16(23)21-17-14(19)8-5-9-15(17)20/h4-10H,3,11H2,1-2H3,(H,21,23). The van der Waals surface area contributed by atoms with E-state index >= 15 is 0 Å². The second-order valence-corrected chi connectivity index (χ2v) is 5.20. The predicted octanol–water partition coefficient (Wildman–Crippen LogP) is 3.07. The van der Waals surface area contributed by atoms with Gasteiger partial charge in [-0.05, 0) is 37.3 Å². The summed E-state index contributed by atoms with van der Waals surface area (Å²) in [5.41, 5.74) is -0.177. The van der Waals surface area contributed by atoms with Gasteiger partial charge in [0.1, 0.15) is 29.6 Å². The van der Waals surface area contributed by atoms with Crippen LogP contribution in [0.2, 0.25) is 0 Å². The highest BCUT2D eigenvalue weighted by Crippen LogP contribution is 2.18. The first kappa shape index (κ1) is 18.4. The molecule has 0 aliphatic heterocycles. The van der Waals surface area contributed by atoms with Crippen LogP contribution in [0.1, 0.15) is 17.3 Å². The highest BCUT2D eigenvalue weighted by Gasteiger charge is 2.19. The summed E-state index contributed by atoms with van der Waals surface area (Å²) in [6.07, 6.45) is 0. The summed E-state index contributed by atoms with van der Waals surface area (Å²) >= 11 is 0. The Morgan fingerprint density at radius 3 is 2.36 bits per heavy atom. The van der Waals surface area contributed by atoms with Crippen molar-refractivity contribution in [1.82, 2.24) is 4.90 Å². The van der Waals surface area contributed by atoms with Gasteiger partial charge in [0.15, 0.2) is 0 Å². The lowest BCUT2D eigenvalue weighted by molar-refractivity contribution is -0.116. The fraction of sp³-hybridized carbons (Fsp3) is 0.222. The molecular weight excluding hydrogens is 330 g/mol. The summed E-state index contributed by atoms with van der Waals surface area (Å²) in [5, 5.41) is 2.16. The number of rotatable bonds is 6. The molecule has 1 N–H and O–H groups in total. The third kappa shape index (κ3) is 4.53. The maximum Gasteiger partial charge on any atom is 0.254 e. The van der Waals surface area contributed by atoms with E-state index in [1.807, 2.05) is 0 Å². The Kier molecular flexibility index (Phi) is 6.05. The lowest BCUT2D eigenvalue weighted by atomic mass is 10.2. The third-order valence-corrected chi connectivity index (χ3v) is 3.55. The number of para-hydroxylation sites is 1. The molecule has 0 saturated heterocycles. The molecule has 0 atom stereocenters. The number of nitrogens with zero attached hydrogens (tertiary/aromatic N) is 1. The van der Waals surface area contributed by atoms with Gasteiger partial charge >= 0.3 is 0 Å². The fourth-order valence-electron chi connectivity index (χ4n) is 2.24. The molecular formula is C18H18F2N2O3. The molecule has 2 amide bonds. The topological polar surface area (TPSA) is 58.6 Å². The minimum Gasteiger partial charge on any atom is -0.497 e. The minimum atomic E-state index is -0.879. The zero-order chi connectivity index (χ0) is 18.4. The van der Waals surface area contributed by atoms with Crippen molar-refractivity contribution in [1.29, 1.82) is 0 Å². The van der Waals surface area contributed by atoms with E-state index in [-0.39, 0.29) is 19.0 Å². The molecule has 0 radical (unpaired) electrons. The van der Waals surface area contributed by atoms with Crippen LogP contribution in [0.25, 0.3) is 0 Å². The van der Waals surface area contributed by atoms with Crippen LogP contribution in [-0.2, 0) is 4.79 Å². The Labute approximate surface area is 144 Å². The number of ether oxygens (including phenoxy) is 1. The molecule has 0 fully saturated rings. The van der Waals surface area contributed by atoms with Gasteiger partial charge in [0.25, 0.3) is 5.91 Å². The van der Waals surface area contributed by atoms with E-state index in [1.165, 1.54) is 18.1 Å². The van der Waals surface area contributed by atoms with Gasteiger partial charge < -0.3 is 15.0 Å². The maximum atomic E-state index is 13.6. The molecule has 2 rings (SSSR count). The van der Waals surface area contributed by atoms with E-state index in [4.69, 9.17) is 4.74 Å². The minimum absolute atomic E-state index is 0.253. The van der Waals surface area contributed by atoms with Crippen molar-refractivity contribution in [3.05, 3.63) is 59.7 Å². The number of benzene rings is 2. The largest absolute Gasteiger partial charge is 0.497 e. The van der Waals surface area contributed by atoms with E-state index in [0.717, 1.165) is 12.1 Å². The Hall–Kier alpha value is -2.96. The van der Waals surface area contributed by atoms with Crippen molar-refractivity contribution in [2.24, 2.45) is 0 Å². The quantitative estimate of drug-likeness (QED) is 0.873. The van der Waals surface area contributed by atoms with Crippen LogP contribution in [0.4, 0.5) is 14.5 Å². The zero-order valence-electron chi connectivity index (χ0n) is 13.9. The molecule has 2 aromatic carbocycles. The number of carbonyl (C=O) groups excluding carboxylic acids is 2. The molecule has 0 aliphatic rings. The summed E-state index contributed by atoms with van der Waals surface area (Å²) in [5.74, 6) is -2.32. The molecule has 7 heteroatoms. The van der Waals surface area contributed by atoms with Crippen LogP contribution in [0, 0.1) is 11.6 Å². The van der Waals surface area contributed by atoms with Gasteiger partial charge in [0, 0.05) is 12.1 Å². The van der Waals surface area contributed by atoms with E-state index in [2.05, 4.69) is 5.32 Å². The number of nitrogens with one attached hydrogen (secondary N) is 1. The second-order valence-electron chi connectivity index (χ2n) is 5.20. The van der Waals surface area contributed by atoms with E-state index in [9.17, 15) is 18.4 Å². The number of carbonyl (C=O) groups is 2. The first-order chi connectivity index (χ1) is 12.0. The zero-order valence-corrected chi connectivity index (χ0v) is 13.9. The van der Waals surface area contributed by atoms with Crippen molar-refractivity contribution in [2.75, 3.05) is 25.5 Å². The normalized spacial score (nSPS) is 10.2. The lowest BCUT2D eigenvalue weighted by Gasteiger charge is -2.21. The van der Waals surface area contributed by atoms with Gasteiger partial charge in [0.2, 0.25) is 5.91 Å². The van der Waals surface area contributed by atoms with Gasteiger partial charge in [-0.2, -0.15) is 0 Å². The van der Waals surface area contributed by atoms with Crippen molar-refractivity contribution < 1.29 is 23.1 Å². The number of methoxy groups -OCH3 is 1. The third-order valence-electron chi connectivity index (χ3n) is 3.55. The Morgan fingerprint density at radius 1 is 1.12 bits per heavy atom. The number of amides is 2. The second kappa shape index (κ2) is 8.23. The average molecular weight is 348 g/mol. The SMILES string of the molecule is CCN(CC(=O)Nc1c(F)cccc1F)C(=O)c1cccc(OC)c1. The molecule has 0 saturated carbocycles. The van der Waals surface area contributed by atoms with Gasteiger partial charge in [-0.25, -0.2) is 8.78 Å². The van der Waals surface area contributed by atoms with Gasteiger partial charge in [-0.3, -0.25) is 9.59 Å². The molecule has 0 spiro atoms. The smallest absolute Gasteiger partial charge is 0.254 e. The van der Waals surface area contributed by atoms with Gasteiger partial charge in [-0.15, -0.1) is 0 Å². The highest BCUT2D eigenvalue weighted by molar-refractivity contribution is 5.99. The van der Waals surface area contributed by atoms with Crippen LogP contribution >= 0.6 is 0 Å². The summed E-state index contributed by atoms with van der Waals surface area (Å²) in [4.78, 5) is 25.9. The van der Waals surface area contributed by atoms with Gasteiger partial charge in [-0.1, -0.05) is 12.1 Å². The van der Waals surface area contributed by atoms with Gasteiger partial charge in [0.05, 0.1) is 7.11 Å². The molecule has 0 heterocycles. The number of likely N-dealkylation sites (N-methyl/N-ethyl adjacent to an activating group) is 1. The van der Waals surface area contributed by atoms with Crippen LogP contribution < -0.4 is 10.1 Å². The highest BCUT2D eigenvalue weighted by atomic mass is 19.1. The monoisotopic (exact) mass is 348 g/mol. The molecule has 0 aliphatic carbocycles. The van der Waals surface area contributed by atoms with Crippen LogP contribution in [0.3, 0.4) is 0 Å². The van der Waals surface area contributed by atoms with Crippen molar-refractivity contribution in [2.45, 2.75) is 6.92 Å². The number of anilines is 1. The molecule has 25 heavy (non-hydrogen) atoms. The summed E-state index contributed by atoms with van der Waals surface area (Å²) in [6, 6.07) is 9.79. The molecule has 0 aromatic heterocycles. The first-order valence-electron chi connectivity index (χ1n) is 7.63. The van der Waals surface area contributed by atoms with Crippen LogP contribution in [-0.4, -0.2) is 36.9 Å². The lowest BCUT2D eigenvalue weighted by Crippen LogP contribution is -2.38. The van der Waals surface area contributed by atoms with E-state index < -0.39 is 23.2 Å². The van der Waals surface area contributed by atoms with Crippen LogP contribution in [0.5, 0.6) is 5.75 Å². The maximum absolute atomic E-state index is 13.6. The first-order valence-corrected chi connectivity index (χ1v) is 7.63. The Morgan fingerprint density at radius 2 is 1.76 bits per heavy atom. The molecule has 132 valence electrons. The number of halogens is 2. The van der Waals surface area contributed by atoms with Crippen LogP contribution in [0.15, 0.2) is 42.5 Å². The fourth-order valence-corrected chi connectivity index (χ4v) is 2.24. The number of hydrogen-bond acceptors (Lipinski definition) is 3. The molecule has 5 nitrogen and oxygen atoms in total. The summed E-state index contributed by atoms with van der Waals surface area (Å²) in [7, 11) is 1.48. The number of hydrogen-bond donors (Lipinski definition) is 1. The average Bonchev–Trinajstić information content (AvgIpc) is 2.62. The Bertz CT molecular complexity index is 760.